The Morgan fingerprint density at radius 3 is 2.83 bits per heavy atom. The van der Waals surface area contributed by atoms with Crippen LogP contribution >= 0.6 is 11.3 Å². The molecule has 9 nitrogen and oxygen atoms in total. The summed E-state index contributed by atoms with van der Waals surface area (Å²) >= 11 is 1.38. The number of methoxy groups -OCH3 is 2. The number of amides is 1. The van der Waals surface area contributed by atoms with Gasteiger partial charge in [-0.2, -0.15) is 9.36 Å². The Morgan fingerprint density at radius 1 is 1.24 bits per heavy atom. The van der Waals surface area contributed by atoms with Crippen molar-refractivity contribution in [1.29, 1.82) is 0 Å². The van der Waals surface area contributed by atoms with Crippen LogP contribution in [0.2, 0.25) is 0 Å². The number of carbonyl (C=O) groups excluding carboxylic acids is 1. The summed E-state index contributed by atoms with van der Waals surface area (Å²) < 4.78 is 13.1. The summed E-state index contributed by atoms with van der Waals surface area (Å²) in [5.41, 5.74) is 0.461. The highest BCUT2D eigenvalue weighted by Gasteiger charge is 2.32. The van der Waals surface area contributed by atoms with Gasteiger partial charge in [-0.3, -0.25) is 4.79 Å². The largest absolute Gasteiger partial charge is 0.497 e. The second-order valence-electron chi connectivity index (χ2n) is 6.64. The van der Waals surface area contributed by atoms with E-state index in [0.29, 0.717) is 23.0 Å². The normalized spacial score (nSPS) is 16.2. The van der Waals surface area contributed by atoms with Crippen molar-refractivity contribution in [3.05, 3.63) is 51.8 Å². The highest BCUT2D eigenvalue weighted by molar-refractivity contribution is 7.12. The highest BCUT2D eigenvalue weighted by Crippen LogP contribution is 2.38. The van der Waals surface area contributed by atoms with Crippen molar-refractivity contribution in [3.8, 4) is 16.5 Å². The molecular formula is C19H21N5O4S. The number of likely N-dealkylation sites (tertiary alicyclic amines) is 1. The minimum Gasteiger partial charge on any atom is -0.497 e. The van der Waals surface area contributed by atoms with Gasteiger partial charge in [0.25, 0.3) is 0 Å². The summed E-state index contributed by atoms with van der Waals surface area (Å²) in [7, 11) is 3.21. The predicted molar refractivity (Wildman–Crippen MR) is 107 cm³/mol. The van der Waals surface area contributed by atoms with Crippen LogP contribution in [0.25, 0.3) is 5.00 Å². The van der Waals surface area contributed by atoms with Gasteiger partial charge in [-0.1, -0.05) is 0 Å². The van der Waals surface area contributed by atoms with E-state index in [1.54, 1.807) is 25.2 Å². The van der Waals surface area contributed by atoms with Crippen LogP contribution in [0.3, 0.4) is 0 Å². The third kappa shape index (κ3) is 3.63. The summed E-state index contributed by atoms with van der Waals surface area (Å²) in [6.07, 6.45) is 1.68. The van der Waals surface area contributed by atoms with Gasteiger partial charge in [0.1, 0.15) is 23.0 Å². The number of tetrazole rings is 1. The number of hydrogen-bond acceptors (Lipinski definition) is 7. The Bertz CT molecular complexity index is 1060. The summed E-state index contributed by atoms with van der Waals surface area (Å²) in [5.74, 6) is 1.23. The fourth-order valence-electron chi connectivity index (χ4n) is 3.61. The number of carbonyl (C=O) groups is 1. The SMILES string of the molecule is COc1ccc(OC)c(C2CCCN2C(=O)Cn2nnn(-c3cccs3)c2=O)c1. The number of nitrogens with zero attached hydrogens (tertiary/aromatic N) is 5. The van der Waals surface area contributed by atoms with Gasteiger partial charge >= 0.3 is 5.69 Å². The zero-order valence-electron chi connectivity index (χ0n) is 16.1. The lowest BCUT2D eigenvalue weighted by Crippen LogP contribution is -2.37. The Morgan fingerprint density at radius 2 is 2.10 bits per heavy atom. The molecule has 2 aromatic heterocycles. The molecule has 0 aliphatic carbocycles. The Labute approximate surface area is 171 Å². The fraction of sp³-hybridized carbons (Fsp3) is 0.368. The van der Waals surface area contributed by atoms with Crippen LogP contribution < -0.4 is 15.2 Å². The molecule has 152 valence electrons. The van der Waals surface area contributed by atoms with E-state index in [-0.39, 0.29) is 18.5 Å². The lowest BCUT2D eigenvalue weighted by Gasteiger charge is -2.26. The third-order valence-electron chi connectivity index (χ3n) is 5.01. The molecule has 29 heavy (non-hydrogen) atoms. The average molecular weight is 415 g/mol. The van der Waals surface area contributed by atoms with Gasteiger partial charge in [-0.25, -0.2) is 4.79 Å². The number of ether oxygens (including phenoxy) is 2. The molecule has 10 heteroatoms. The standard InChI is InChI=1S/C19H21N5O4S/c1-27-13-7-8-16(28-2)14(11-13)15-5-3-9-22(15)17(25)12-23-19(26)24(21-20-23)18-6-4-10-29-18/h4,6-8,10-11,15H,3,5,9,12H2,1-2H3. The molecule has 0 radical (unpaired) electrons. The van der Waals surface area contributed by atoms with Gasteiger partial charge in [0.2, 0.25) is 5.91 Å². The summed E-state index contributed by atoms with van der Waals surface area (Å²) in [6, 6.07) is 9.02. The number of benzene rings is 1. The van der Waals surface area contributed by atoms with Crippen molar-refractivity contribution >= 4 is 17.2 Å². The van der Waals surface area contributed by atoms with Crippen LogP contribution in [0.5, 0.6) is 11.5 Å². The highest BCUT2D eigenvalue weighted by atomic mass is 32.1. The first kappa shape index (κ1) is 19.2. The first-order valence-electron chi connectivity index (χ1n) is 9.20. The fourth-order valence-corrected chi connectivity index (χ4v) is 4.28. The van der Waals surface area contributed by atoms with Gasteiger partial charge in [0.05, 0.1) is 20.3 Å². The van der Waals surface area contributed by atoms with Crippen LogP contribution in [0.4, 0.5) is 0 Å². The zero-order valence-corrected chi connectivity index (χ0v) is 17.0. The van der Waals surface area contributed by atoms with Crippen LogP contribution in [0, 0.1) is 0 Å². The molecule has 1 fully saturated rings. The maximum Gasteiger partial charge on any atom is 0.369 e. The van der Waals surface area contributed by atoms with Crippen molar-refractivity contribution < 1.29 is 14.3 Å². The van der Waals surface area contributed by atoms with E-state index in [1.807, 2.05) is 29.6 Å². The molecule has 1 aromatic carbocycles. The van der Waals surface area contributed by atoms with E-state index in [2.05, 4.69) is 10.4 Å². The maximum absolute atomic E-state index is 13.0. The van der Waals surface area contributed by atoms with Crippen molar-refractivity contribution in [3.63, 3.8) is 0 Å². The lowest BCUT2D eigenvalue weighted by molar-refractivity contribution is -0.133. The van der Waals surface area contributed by atoms with Gasteiger partial charge in [0, 0.05) is 12.1 Å². The van der Waals surface area contributed by atoms with E-state index in [0.717, 1.165) is 23.1 Å². The number of thiophene rings is 1. The van der Waals surface area contributed by atoms with Crippen LogP contribution in [0.15, 0.2) is 40.5 Å². The molecule has 1 saturated heterocycles. The third-order valence-corrected chi connectivity index (χ3v) is 5.85. The molecule has 3 aromatic rings. The summed E-state index contributed by atoms with van der Waals surface area (Å²) in [4.78, 5) is 27.3. The molecule has 4 rings (SSSR count). The molecule has 1 amide bonds. The van der Waals surface area contributed by atoms with Crippen molar-refractivity contribution in [2.75, 3.05) is 20.8 Å². The maximum atomic E-state index is 13.0. The Kier molecular flexibility index (Phi) is 5.34. The molecule has 1 aliphatic heterocycles. The molecule has 1 unspecified atom stereocenters. The average Bonchev–Trinajstić information content (AvgIpc) is 3.49. The predicted octanol–water partition coefficient (Wildman–Crippen LogP) is 1.87. The second kappa shape index (κ2) is 8.08. The van der Waals surface area contributed by atoms with Gasteiger partial charge in [-0.05, 0) is 59.0 Å². The first-order valence-corrected chi connectivity index (χ1v) is 10.1. The molecule has 1 atom stereocenters. The Balaban J connectivity index is 1.57. The minimum atomic E-state index is -0.435. The van der Waals surface area contributed by atoms with E-state index >= 15 is 0 Å². The summed E-state index contributed by atoms with van der Waals surface area (Å²) in [6.45, 7) is 0.449. The molecule has 1 aliphatic rings. The number of rotatable bonds is 6. The quantitative estimate of drug-likeness (QED) is 0.610. The van der Waals surface area contributed by atoms with E-state index in [1.165, 1.54) is 16.0 Å². The zero-order chi connectivity index (χ0) is 20.4. The van der Waals surface area contributed by atoms with E-state index < -0.39 is 5.69 Å². The van der Waals surface area contributed by atoms with Gasteiger partial charge in [-0.15, -0.1) is 11.3 Å². The van der Waals surface area contributed by atoms with Gasteiger partial charge < -0.3 is 14.4 Å². The number of hydrogen-bond donors (Lipinski definition) is 0. The summed E-state index contributed by atoms with van der Waals surface area (Å²) in [5, 5.41) is 10.3. The number of aromatic nitrogens is 4. The van der Waals surface area contributed by atoms with Crippen LogP contribution in [-0.2, 0) is 11.3 Å². The second-order valence-corrected chi connectivity index (χ2v) is 7.56. The van der Waals surface area contributed by atoms with Crippen LogP contribution in [0.1, 0.15) is 24.4 Å². The first-order chi connectivity index (χ1) is 14.1. The minimum absolute atomic E-state index is 0.143. The molecular weight excluding hydrogens is 394 g/mol. The smallest absolute Gasteiger partial charge is 0.369 e. The van der Waals surface area contributed by atoms with Crippen molar-refractivity contribution in [2.45, 2.75) is 25.4 Å². The molecule has 0 N–H and O–H groups in total. The van der Waals surface area contributed by atoms with Crippen molar-refractivity contribution in [1.82, 2.24) is 24.7 Å². The molecule has 0 bridgehead atoms. The van der Waals surface area contributed by atoms with Crippen molar-refractivity contribution in [2.24, 2.45) is 0 Å². The van der Waals surface area contributed by atoms with Crippen LogP contribution in [-0.4, -0.2) is 51.4 Å². The molecule has 3 heterocycles. The van der Waals surface area contributed by atoms with Gasteiger partial charge in [0.15, 0.2) is 0 Å². The molecule has 0 saturated carbocycles. The van der Waals surface area contributed by atoms with E-state index in [4.69, 9.17) is 9.47 Å². The monoisotopic (exact) mass is 415 g/mol. The van der Waals surface area contributed by atoms with E-state index in [9.17, 15) is 9.59 Å². The topological polar surface area (TPSA) is 91.5 Å². The Hall–Kier alpha value is -3.14. The molecule has 0 spiro atoms. The lowest BCUT2D eigenvalue weighted by atomic mass is 10.0.